The van der Waals surface area contributed by atoms with E-state index in [1.807, 2.05) is 0 Å². The number of carbonyl (C=O) groups is 1. The zero-order chi connectivity index (χ0) is 19.8. The molecule has 8 nitrogen and oxygen atoms in total. The molecule has 0 bridgehead atoms. The Morgan fingerprint density at radius 3 is 2.50 bits per heavy atom. The summed E-state index contributed by atoms with van der Waals surface area (Å²) in [7, 11) is 2.99. The predicted molar refractivity (Wildman–Crippen MR) is 101 cm³/mol. The number of aromatic nitrogens is 1. The molecule has 0 saturated carbocycles. The molecule has 2 aromatic carbocycles. The Hall–Kier alpha value is -3.68. The van der Waals surface area contributed by atoms with E-state index in [-0.39, 0.29) is 6.79 Å². The second-order valence-electron chi connectivity index (χ2n) is 6.18. The van der Waals surface area contributed by atoms with Crippen LogP contribution in [0.3, 0.4) is 0 Å². The number of nitrogens with zero attached hydrogens (tertiary/aromatic N) is 1. The molecule has 0 spiro atoms. The number of hydrogen-bond donors (Lipinski definition) is 1. The predicted octanol–water partition coefficient (Wildman–Crippen LogP) is 2.50. The van der Waals surface area contributed by atoms with E-state index in [1.165, 1.54) is 18.8 Å². The monoisotopic (exact) mass is 383 g/mol. The molecular formula is C20H17NO7. The Labute approximate surface area is 159 Å². The third-order valence-electron chi connectivity index (χ3n) is 4.58. The molecule has 0 aliphatic carbocycles. The van der Waals surface area contributed by atoms with Crippen molar-refractivity contribution in [3.63, 3.8) is 0 Å². The van der Waals surface area contributed by atoms with Crippen LogP contribution < -0.4 is 24.5 Å². The van der Waals surface area contributed by atoms with E-state index in [1.54, 1.807) is 36.4 Å². The lowest BCUT2D eigenvalue weighted by atomic mass is 10.0. The summed E-state index contributed by atoms with van der Waals surface area (Å²) in [6.45, 7) is -0.361. The molecule has 1 N–H and O–H groups in total. The molecule has 1 aliphatic heterocycles. The Bertz CT molecular complexity index is 1150. The molecule has 0 radical (unpaired) electrons. The quantitative estimate of drug-likeness (QED) is 0.723. The average Bonchev–Trinajstić information content (AvgIpc) is 3.16. The van der Waals surface area contributed by atoms with Crippen LogP contribution in [0.15, 0.2) is 41.2 Å². The van der Waals surface area contributed by atoms with E-state index < -0.39 is 18.1 Å². The first-order valence-electron chi connectivity index (χ1n) is 8.43. The van der Waals surface area contributed by atoms with Crippen LogP contribution in [0.1, 0.15) is 0 Å². The molecule has 8 heteroatoms. The van der Waals surface area contributed by atoms with Gasteiger partial charge in [0.2, 0.25) is 6.79 Å². The van der Waals surface area contributed by atoms with Gasteiger partial charge in [-0.1, -0.05) is 6.07 Å². The number of hydrogen-bond acceptors (Lipinski definition) is 6. The van der Waals surface area contributed by atoms with Gasteiger partial charge in [-0.3, -0.25) is 14.2 Å². The van der Waals surface area contributed by atoms with Gasteiger partial charge in [0.25, 0.3) is 5.56 Å². The van der Waals surface area contributed by atoms with Crippen molar-refractivity contribution in [1.29, 1.82) is 0 Å². The van der Waals surface area contributed by atoms with Gasteiger partial charge >= 0.3 is 5.97 Å². The smallest absolute Gasteiger partial charge is 0.323 e. The Kier molecular flexibility index (Phi) is 4.31. The van der Waals surface area contributed by atoms with Gasteiger partial charge in [0.15, 0.2) is 23.0 Å². The van der Waals surface area contributed by atoms with Gasteiger partial charge in [-0.05, 0) is 29.8 Å². The summed E-state index contributed by atoms with van der Waals surface area (Å²) < 4.78 is 22.5. The molecule has 0 saturated heterocycles. The van der Waals surface area contributed by atoms with Crippen molar-refractivity contribution in [2.45, 2.75) is 6.54 Å². The standard InChI is InChI=1S/C20H17NO7/c1-25-16-7-12-5-13(11-3-4-15-18(6-11)28-10-27-15)20(24)21(9-19(22)23)14(12)8-17(16)26-2/h3-8H,9-10H2,1-2H3,(H,22,23). The zero-order valence-electron chi connectivity index (χ0n) is 15.2. The molecule has 0 unspecified atom stereocenters. The first-order chi connectivity index (χ1) is 13.5. The molecule has 4 rings (SSSR count). The van der Waals surface area contributed by atoms with Crippen molar-refractivity contribution in [3.05, 3.63) is 46.8 Å². The van der Waals surface area contributed by atoms with Crippen LogP contribution in [-0.2, 0) is 11.3 Å². The van der Waals surface area contributed by atoms with E-state index in [4.69, 9.17) is 18.9 Å². The van der Waals surface area contributed by atoms with Gasteiger partial charge in [0.1, 0.15) is 6.54 Å². The summed E-state index contributed by atoms with van der Waals surface area (Å²) >= 11 is 0. The maximum Gasteiger partial charge on any atom is 0.323 e. The largest absolute Gasteiger partial charge is 0.493 e. The van der Waals surface area contributed by atoms with Gasteiger partial charge in [0, 0.05) is 17.0 Å². The van der Waals surface area contributed by atoms with Crippen molar-refractivity contribution in [2.75, 3.05) is 21.0 Å². The second-order valence-corrected chi connectivity index (χ2v) is 6.18. The van der Waals surface area contributed by atoms with Crippen LogP contribution in [0, 0.1) is 0 Å². The van der Waals surface area contributed by atoms with Gasteiger partial charge in [-0.15, -0.1) is 0 Å². The van der Waals surface area contributed by atoms with Crippen LogP contribution in [0.2, 0.25) is 0 Å². The summed E-state index contributed by atoms with van der Waals surface area (Å²) in [5, 5.41) is 9.96. The van der Waals surface area contributed by atoms with Crippen LogP contribution in [0.25, 0.3) is 22.0 Å². The minimum absolute atomic E-state index is 0.122. The number of benzene rings is 2. The number of carboxylic acids is 1. The molecule has 1 aliphatic rings. The summed E-state index contributed by atoms with van der Waals surface area (Å²) in [6, 6.07) is 10.2. The van der Waals surface area contributed by atoms with E-state index in [2.05, 4.69) is 0 Å². The fraction of sp³-hybridized carbons (Fsp3) is 0.200. The minimum atomic E-state index is -1.12. The molecule has 0 fully saturated rings. The fourth-order valence-electron chi connectivity index (χ4n) is 3.27. The molecule has 144 valence electrons. The van der Waals surface area contributed by atoms with E-state index in [0.29, 0.717) is 45.0 Å². The van der Waals surface area contributed by atoms with Crippen molar-refractivity contribution >= 4 is 16.9 Å². The molecule has 1 aromatic heterocycles. The third kappa shape index (κ3) is 2.88. The number of fused-ring (bicyclic) bond motifs is 2. The Morgan fingerprint density at radius 2 is 1.79 bits per heavy atom. The van der Waals surface area contributed by atoms with Crippen molar-refractivity contribution in [1.82, 2.24) is 4.57 Å². The number of rotatable bonds is 5. The second kappa shape index (κ2) is 6.80. The third-order valence-corrected chi connectivity index (χ3v) is 4.58. The van der Waals surface area contributed by atoms with Crippen LogP contribution >= 0.6 is 0 Å². The van der Waals surface area contributed by atoms with Gasteiger partial charge in [-0.25, -0.2) is 0 Å². The minimum Gasteiger partial charge on any atom is -0.493 e. The van der Waals surface area contributed by atoms with Crippen LogP contribution in [0.4, 0.5) is 0 Å². The lowest BCUT2D eigenvalue weighted by Crippen LogP contribution is -2.25. The maximum absolute atomic E-state index is 13.1. The average molecular weight is 383 g/mol. The van der Waals surface area contributed by atoms with E-state index in [0.717, 1.165) is 0 Å². The van der Waals surface area contributed by atoms with Crippen LogP contribution in [0.5, 0.6) is 23.0 Å². The molecule has 0 atom stereocenters. The maximum atomic E-state index is 13.1. The highest BCUT2D eigenvalue weighted by molar-refractivity contribution is 5.88. The highest BCUT2D eigenvalue weighted by Crippen LogP contribution is 2.37. The van der Waals surface area contributed by atoms with Crippen molar-refractivity contribution in [2.24, 2.45) is 0 Å². The normalized spacial score (nSPS) is 12.2. The Morgan fingerprint density at radius 1 is 1.07 bits per heavy atom. The lowest BCUT2D eigenvalue weighted by Gasteiger charge is -2.15. The summed E-state index contributed by atoms with van der Waals surface area (Å²) in [4.78, 5) is 24.5. The number of pyridine rings is 1. The number of carboxylic acid groups (broad SMARTS) is 1. The van der Waals surface area contributed by atoms with E-state index in [9.17, 15) is 14.7 Å². The van der Waals surface area contributed by atoms with Crippen LogP contribution in [-0.4, -0.2) is 36.7 Å². The number of aliphatic carboxylic acids is 1. The van der Waals surface area contributed by atoms with Gasteiger partial charge in [-0.2, -0.15) is 0 Å². The summed E-state index contributed by atoms with van der Waals surface area (Å²) in [5.41, 5.74) is 0.958. The highest BCUT2D eigenvalue weighted by atomic mass is 16.7. The van der Waals surface area contributed by atoms with Crippen molar-refractivity contribution in [3.8, 4) is 34.1 Å². The molecular weight excluding hydrogens is 366 g/mol. The fourth-order valence-corrected chi connectivity index (χ4v) is 3.27. The summed E-state index contributed by atoms with van der Waals surface area (Å²) in [5.74, 6) is 0.897. The summed E-state index contributed by atoms with van der Waals surface area (Å²) in [6.07, 6.45) is 0. The van der Waals surface area contributed by atoms with Crippen molar-refractivity contribution < 1.29 is 28.8 Å². The molecule has 2 heterocycles. The topological polar surface area (TPSA) is 96.2 Å². The van der Waals surface area contributed by atoms with E-state index >= 15 is 0 Å². The number of methoxy groups -OCH3 is 2. The first-order valence-corrected chi connectivity index (χ1v) is 8.43. The lowest BCUT2D eigenvalue weighted by molar-refractivity contribution is -0.137. The SMILES string of the molecule is COc1cc2cc(-c3ccc4c(c3)OCO4)c(=O)n(CC(=O)O)c2cc1OC. The highest BCUT2D eigenvalue weighted by Gasteiger charge is 2.19. The Balaban J connectivity index is 2.00. The molecule has 0 amide bonds. The van der Waals surface area contributed by atoms with Gasteiger partial charge < -0.3 is 24.1 Å². The first kappa shape index (κ1) is 17.7. The molecule has 3 aromatic rings. The molecule has 28 heavy (non-hydrogen) atoms. The van der Waals surface area contributed by atoms with Gasteiger partial charge in [0.05, 0.1) is 19.7 Å². The number of ether oxygens (including phenoxy) is 4. The zero-order valence-corrected chi connectivity index (χ0v) is 15.2.